The van der Waals surface area contributed by atoms with Crippen molar-refractivity contribution in [2.75, 3.05) is 26.4 Å². The highest BCUT2D eigenvalue weighted by molar-refractivity contribution is 8.27. The highest BCUT2D eigenvalue weighted by atomic mass is 32.2. The Morgan fingerprint density at radius 2 is 1.71 bits per heavy atom. The van der Waals surface area contributed by atoms with E-state index in [4.69, 9.17) is 0 Å². The zero-order valence-electron chi connectivity index (χ0n) is 9.59. The third-order valence-electron chi connectivity index (χ3n) is 4.17. The van der Waals surface area contributed by atoms with Gasteiger partial charge < -0.3 is 4.90 Å². The fraction of sp³-hybridized carbons (Fsp3) is 0.833. The van der Waals surface area contributed by atoms with Crippen LogP contribution in [0.5, 0.6) is 0 Å². The standard InChI is InChI=1S/C12H23NS/c1-13-7-5-12(6-8-13)9-11(10-12)14(2,3)4/h11H,2-3,5-10H2,1,4H3. The van der Waals surface area contributed by atoms with Crippen LogP contribution in [-0.2, 0) is 0 Å². The molecule has 0 bridgehead atoms. The van der Waals surface area contributed by atoms with Gasteiger partial charge in [-0.2, -0.15) is 0 Å². The molecule has 1 aliphatic heterocycles. The second-order valence-electron chi connectivity index (χ2n) is 5.68. The molecule has 2 heteroatoms. The predicted octanol–water partition coefficient (Wildman–Crippen LogP) is 2.16. The lowest BCUT2D eigenvalue weighted by molar-refractivity contribution is 0.0490. The molecule has 14 heavy (non-hydrogen) atoms. The molecule has 0 aromatic heterocycles. The van der Waals surface area contributed by atoms with Crippen LogP contribution in [0.2, 0.25) is 0 Å². The normalized spacial score (nSPS) is 29.0. The summed E-state index contributed by atoms with van der Waals surface area (Å²) in [5.74, 6) is 8.49. The first-order chi connectivity index (χ1) is 6.41. The molecule has 82 valence electrons. The SMILES string of the molecule is C=S(=C)(C)C1CC2(CCN(C)CC2)C1. The van der Waals surface area contributed by atoms with Crippen LogP contribution in [0.15, 0.2) is 0 Å². The third-order valence-corrected chi connectivity index (χ3v) is 6.12. The van der Waals surface area contributed by atoms with Gasteiger partial charge in [-0.15, -0.1) is 0 Å². The Kier molecular flexibility index (Phi) is 2.47. The molecule has 0 unspecified atom stereocenters. The van der Waals surface area contributed by atoms with Gasteiger partial charge in [0.1, 0.15) is 0 Å². The maximum atomic E-state index is 4.25. The van der Waals surface area contributed by atoms with Gasteiger partial charge in [-0.05, 0) is 62.7 Å². The molecular weight excluding hydrogens is 190 g/mol. The van der Waals surface area contributed by atoms with Gasteiger partial charge in [0.05, 0.1) is 0 Å². The summed E-state index contributed by atoms with van der Waals surface area (Å²) in [7, 11) is 1.47. The number of piperidine rings is 1. The van der Waals surface area contributed by atoms with Crippen LogP contribution in [0.25, 0.3) is 0 Å². The average molecular weight is 213 g/mol. The Morgan fingerprint density at radius 1 is 1.21 bits per heavy atom. The van der Waals surface area contributed by atoms with Crippen molar-refractivity contribution >= 4 is 20.9 Å². The van der Waals surface area contributed by atoms with Gasteiger partial charge in [-0.3, -0.25) is 0 Å². The van der Waals surface area contributed by atoms with E-state index in [0.717, 1.165) is 5.25 Å². The molecule has 1 nitrogen and oxygen atoms in total. The minimum Gasteiger partial charge on any atom is -0.306 e. The van der Waals surface area contributed by atoms with Crippen molar-refractivity contribution < 1.29 is 0 Å². The molecule has 1 aliphatic carbocycles. The number of nitrogens with zero attached hydrogens (tertiary/aromatic N) is 1. The highest BCUT2D eigenvalue weighted by Gasteiger charge is 2.45. The maximum Gasteiger partial charge on any atom is -0.00165 e. The van der Waals surface area contributed by atoms with Crippen molar-refractivity contribution in [3.05, 3.63) is 0 Å². The van der Waals surface area contributed by atoms with Crippen molar-refractivity contribution in [3.63, 3.8) is 0 Å². The first kappa shape index (κ1) is 10.6. The van der Waals surface area contributed by atoms with Crippen molar-refractivity contribution in [3.8, 4) is 0 Å². The van der Waals surface area contributed by atoms with Gasteiger partial charge in [-0.25, -0.2) is 9.21 Å². The van der Waals surface area contributed by atoms with E-state index in [1.54, 1.807) is 0 Å². The smallest absolute Gasteiger partial charge is 0.00165 e. The Bertz CT molecular complexity index is 299. The fourth-order valence-corrected chi connectivity index (χ4v) is 4.32. The molecule has 0 amide bonds. The monoisotopic (exact) mass is 213 g/mol. The maximum absolute atomic E-state index is 4.25. The van der Waals surface area contributed by atoms with Crippen LogP contribution in [0.4, 0.5) is 0 Å². The zero-order valence-corrected chi connectivity index (χ0v) is 10.4. The van der Waals surface area contributed by atoms with Crippen LogP contribution in [0.1, 0.15) is 25.7 Å². The molecule has 2 rings (SSSR count). The number of hydrogen-bond donors (Lipinski definition) is 0. The van der Waals surface area contributed by atoms with E-state index in [-0.39, 0.29) is 0 Å². The lowest BCUT2D eigenvalue weighted by Gasteiger charge is -2.53. The van der Waals surface area contributed by atoms with E-state index in [9.17, 15) is 0 Å². The second kappa shape index (κ2) is 3.28. The fourth-order valence-electron chi connectivity index (χ4n) is 2.81. The Labute approximate surface area is 89.0 Å². The first-order valence-corrected chi connectivity index (χ1v) is 7.97. The molecule has 0 atom stereocenters. The largest absolute Gasteiger partial charge is 0.306 e. The Balaban J connectivity index is 1.93. The topological polar surface area (TPSA) is 3.24 Å². The van der Waals surface area contributed by atoms with E-state index in [2.05, 4.69) is 29.9 Å². The number of hydrogen-bond acceptors (Lipinski definition) is 1. The summed E-state index contributed by atoms with van der Waals surface area (Å²) in [6.07, 6.45) is 7.92. The Hall–Kier alpha value is 0.0500. The summed E-state index contributed by atoms with van der Waals surface area (Å²) < 4.78 is 0. The summed E-state index contributed by atoms with van der Waals surface area (Å²) in [4.78, 5) is 2.46. The van der Waals surface area contributed by atoms with Crippen molar-refractivity contribution in [1.82, 2.24) is 4.90 Å². The van der Waals surface area contributed by atoms with Crippen molar-refractivity contribution in [2.45, 2.75) is 30.9 Å². The molecule has 0 aromatic rings. The van der Waals surface area contributed by atoms with Gasteiger partial charge in [0.25, 0.3) is 0 Å². The zero-order chi connectivity index (χ0) is 10.4. The molecule has 0 aromatic carbocycles. The second-order valence-corrected chi connectivity index (χ2v) is 9.05. The summed E-state index contributed by atoms with van der Waals surface area (Å²) in [6, 6.07) is 0. The quantitative estimate of drug-likeness (QED) is 0.603. The Morgan fingerprint density at radius 3 is 2.14 bits per heavy atom. The molecule has 2 fully saturated rings. The van der Waals surface area contributed by atoms with E-state index in [1.807, 2.05) is 0 Å². The van der Waals surface area contributed by atoms with E-state index in [0.29, 0.717) is 5.41 Å². The minimum atomic E-state index is -0.769. The van der Waals surface area contributed by atoms with Crippen LogP contribution in [0, 0.1) is 5.41 Å². The number of likely N-dealkylation sites (tertiary alicyclic amines) is 1. The molecule has 1 heterocycles. The summed E-state index contributed by atoms with van der Waals surface area (Å²) in [5, 5.41) is 0.853. The van der Waals surface area contributed by atoms with Gasteiger partial charge >= 0.3 is 0 Å². The highest BCUT2D eigenvalue weighted by Crippen LogP contribution is 2.55. The summed E-state index contributed by atoms with van der Waals surface area (Å²) in [5.41, 5.74) is 0.709. The molecule has 1 spiro atoms. The first-order valence-electron chi connectivity index (χ1n) is 5.53. The van der Waals surface area contributed by atoms with Gasteiger partial charge in [0, 0.05) is 0 Å². The van der Waals surface area contributed by atoms with Gasteiger partial charge in [0.2, 0.25) is 0 Å². The van der Waals surface area contributed by atoms with Crippen LogP contribution in [0.3, 0.4) is 0 Å². The molecule has 1 saturated heterocycles. The van der Waals surface area contributed by atoms with Gasteiger partial charge in [-0.1, -0.05) is 11.7 Å². The average Bonchev–Trinajstić information content (AvgIpc) is 2.00. The van der Waals surface area contributed by atoms with E-state index >= 15 is 0 Å². The van der Waals surface area contributed by atoms with Gasteiger partial charge in [0.15, 0.2) is 0 Å². The summed E-state index contributed by atoms with van der Waals surface area (Å²) in [6.45, 7) is 2.60. The van der Waals surface area contributed by atoms with Crippen molar-refractivity contribution in [1.29, 1.82) is 0 Å². The molecule has 0 radical (unpaired) electrons. The lowest BCUT2D eigenvalue weighted by atomic mass is 9.63. The van der Waals surface area contributed by atoms with Crippen molar-refractivity contribution in [2.24, 2.45) is 5.41 Å². The molecule has 2 aliphatic rings. The van der Waals surface area contributed by atoms with Crippen LogP contribution >= 0.6 is 9.21 Å². The lowest BCUT2D eigenvalue weighted by Crippen LogP contribution is -2.48. The van der Waals surface area contributed by atoms with E-state index < -0.39 is 9.21 Å². The molecular formula is C12H23NS. The molecule has 1 saturated carbocycles. The minimum absolute atomic E-state index is 0.709. The van der Waals surface area contributed by atoms with Crippen LogP contribution < -0.4 is 0 Å². The van der Waals surface area contributed by atoms with E-state index in [1.165, 1.54) is 38.8 Å². The molecule has 0 N–H and O–H groups in total. The predicted molar refractivity (Wildman–Crippen MR) is 69.9 cm³/mol. The third kappa shape index (κ3) is 1.87. The number of rotatable bonds is 1. The summed E-state index contributed by atoms with van der Waals surface area (Å²) >= 11 is 0. The van der Waals surface area contributed by atoms with Crippen LogP contribution in [-0.4, -0.2) is 48.3 Å².